The van der Waals surface area contributed by atoms with Crippen molar-refractivity contribution in [3.05, 3.63) is 0 Å². The number of nitrogens with zero attached hydrogens (tertiary/aromatic N) is 1. The quantitative estimate of drug-likeness (QED) is 0.283. The summed E-state index contributed by atoms with van der Waals surface area (Å²) in [5.74, 6) is 0. The van der Waals surface area contributed by atoms with Crippen LogP contribution in [0.5, 0.6) is 0 Å². The first-order valence-electron chi connectivity index (χ1n) is 6.18. The van der Waals surface area contributed by atoms with Crippen LogP contribution in [0.25, 0.3) is 0 Å². The lowest BCUT2D eigenvalue weighted by Gasteiger charge is -2.38. The summed E-state index contributed by atoms with van der Waals surface area (Å²) in [5.41, 5.74) is 1.21. The molecule has 0 aliphatic carbocycles. The van der Waals surface area contributed by atoms with Gasteiger partial charge in [-0.25, -0.2) is 9.79 Å². The minimum atomic E-state index is -1.69. The Morgan fingerprint density at radius 3 is 2.19 bits per heavy atom. The summed E-state index contributed by atoms with van der Waals surface area (Å²) in [5, 5.41) is 0. The van der Waals surface area contributed by atoms with Gasteiger partial charge in [-0.05, 0) is 30.5 Å². The van der Waals surface area contributed by atoms with Crippen molar-refractivity contribution in [1.82, 2.24) is 0 Å². The molecule has 0 aromatic heterocycles. The maximum Gasteiger partial charge on any atom is 0.234 e. The van der Waals surface area contributed by atoms with E-state index in [1.807, 2.05) is 0 Å². The van der Waals surface area contributed by atoms with Gasteiger partial charge in [0.15, 0.2) is 8.32 Å². The summed E-state index contributed by atoms with van der Waals surface area (Å²) in [6, 6.07) is 1.08. The number of hydrogen-bond acceptors (Lipinski definition) is 3. The zero-order valence-corrected chi connectivity index (χ0v) is 12.2. The molecule has 0 amide bonds. The molecule has 4 heteroatoms. The van der Waals surface area contributed by atoms with E-state index in [2.05, 4.69) is 39.6 Å². The van der Waals surface area contributed by atoms with Gasteiger partial charge in [-0.15, -0.1) is 0 Å². The zero-order chi connectivity index (χ0) is 12.6. The molecule has 0 aliphatic heterocycles. The van der Waals surface area contributed by atoms with Gasteiger partial charge in [0, 0.05) is 6.61 Å². The molecule has 0 aromatic carbocycles. The van der Waals surface area contributed by atoms with Crippen molar-refractivity contribution in [3.8, 4) is 0 Å². The molecule has 0 N–H and O–H groups in total. The predicted octanol–water partition coefficient (Wildman–Crippen LogP) is 3.51. The van der Waals surface area contributed by atoms with Gasteiger partial charge >= 0.3 is 0 Å². The summed E-state index contributed by atoms with van der Waals surface area (Å²) in [6.45, 7) is 12.5. The Morgan fingerprint density at radius 1 is 1.25 bits per heavy atom. The first-order chi connectivity index (χ1) is 7.51. The first-order valence-corrected chi connectivity index (χ1v) is 8.45. The van der Waals surface area contributed by atoms with E-state index < -0.39 is 8.32 Å². The minimum Gasteiger partial charge on any atom is -0.417 e. The Balaban J connectivity index is 4.55. The highest BCUT2D eigenvalue weighted by Crippen LogP contribution is 2.37. The van der Waals surface area contributed by atoms with Gasteiger partial charge in [-0.2, -0.15) is 0 Å². The van der Waals surface area contributed by atoms with Crippen LogP contribution in [0, 0.1) is 0 Å². The molecule has 0 saturated carbocycles. The minimum absolute atomic E-state index is 0.588. The molecule has 94 valence electrons. The van der Waals surface area contributed by atoms with E-state index in [0.717, 1.165) is 19.1 Å². The Bertz CT molecular complexity index is 227. The summed E-state index contributed by atoms with van der Waals surface area (Å²) in [4.78, 5) is 13.6. The highest BCUT2D eigenvalue weighted by atomic mass is 28.4. The third kappa shape index (κ3) is 4.20. The normalized spacial score (nSPS) is 11.9. The maximum absolute atomic E-state index is 10.0. The van der Waals surface area contributed by atoms with Crippen LogP contribution in [-0.2, 0) is 9.22 Å². The lowest BCUT2D eigenvalue weighted by molar-refractivity contribution is 0.303. The zero-order valence-electron chi connectivity index (χ0n) is 11.2. The molecule has 0 radical (unpaired) electrons. The third-order valence-corrected chi connectivity index (χ3v) is 9.14. The molecule has 0 bridgehead atoms. The van der Waals surface area contributed by atoms with Gasteiger partial charge in [0.05, 0.1) is 6.54 Å². The summed E-state index contributed by atoms with van der Waals surface area (Å²) in [6.07, 6.45) is 2.54. The highest BCUT2D eigenvalue weighted by molar-refractivity contribution is 6.76. The van der Waals surface area contributed by atoms with Gasteiger partial charge in [0.25, 0.3) is 0 Å². The van der Waals surface area contributed by atoms with Crippen LogP contribution >= 0.6 is 0 Å². The molecule has 3 nitrogen and oxygen atoms in total. The standard InChI is InChI=1S/C12H25NO2Si/c1-6-15-16(11(2)3,12(4)5)9-7-8-13-10-14/h11-12H,6-9H2,1-5H3. The van der Waals surface area contributed by atoms with Crippen LogP contribution in [-0.4, -0.2) is 27.5 Å². The lowest BCUT2D eigenvalue weighted by atomic mass is 10.5. The molecule has 0 atom stereocenters. The largest absolute Gasteiger partial charge is 0.417 e. The van der Waals surface area contributed by atoms with Gasteiger partial charge in [0.2, 0.25) is 6.08 Å². The number of rotatable bonds is 8. The SMILES string of the molecule is CCO[Si](CCCN=C=O)(C(C)C)C(C)C. The summed E-state index contributed by atoms with van der Waals surface area (Å²) >= 11 is 0. The Kier molecular flexibility index (Phi) is 7.55. The van der Waals surface area contributed by atoms with E-state index in [0.29, 0.717) is 17.6 Å². The molecule has 0 unspecified atom stereocenters. The molecule has 0 spiro atoms. The Labute approximate surface area is 100 Å². The van der Waals surface area contributed by atoms with Crippen molar-refractivity contribution in [2.24, 2.45) is 4.99 Å². The molecular weight excluding hydrogens is 218 g/mol. The van der Waals surface area contributed by atoms with Gasteiger partial charge in [0.1, 0.15) is 0 Å². The number of hydrogen-bond donors (Lipinski definition) is 0. The fraction of sp³-hybridized carbons (Fsp3) is 0.917. The van der Waals surface area contributed by atoms with Gasteiger partial charge in [-0.3, -0.25) is 0 Å². The van der Waals surface area contributed by atoms with Crippen LogP contribution in [0.3, 0.4) is 0 Å². The van der Waals surface area contributed by atoms with Crippen LogP contribution in [0.15, 0.2) is 4.99 Å². The molecule has 0 aromatic rings. The van der Waals surface area contributed by atoms with Crippen molar-refractivity contribution in [2.75, 3.05) is 13.2 Å². The Morgan fingerprint density at radius 2 is 1.81 bits per heavy atom. The first kappa shape index (κ1) is 15.6. The maximum atomic E-state index is 10.0. The molecule has 0 aliphatic rings. The van der Waals surface area contributed by atoms with Gasteiger partial charge in [-0.1, -0.05) is 27.7 Å². The number of aliphatic imine (C=N–C) groups is 1. The predicted molar refractivity (Wildman–Crippen MR) is 70.0 cm³/mol. The second-order valence-electron chi connectivity index (χ2n) is 4.77. The highest BCUT2D eigenvalue weighted by Gasteiger charge is 2.40. The van der Waals surface area contributed by atoms with Crippen molar-refractivity contribution in [2.45, 2.75) is 58.2 Å². The molecule has 0 heterocycles. The van der Waals surface area contributed by atoms with Crippen LogP contribution in [0.4, 0.5) is 0 Å². The summed E-state index contributed by atoms with van der Waals surface area (Å²) < 4.78 is 6.13. The van der Waals surface area contributed by atoms with Crippen molar-refractivity contribution < 1.29 is 9.22 Å². The van der Waals surface area contributed by atoms with E-state index in [4.69, 9.17) is 4.43 Å². The molecule has 16 heavy (non-hydrogen) atoms. The topological polar surface area (TPSA) is 38.7 Å². The molecule has 0 rings (SSSR count). The summed E-state index contributed by atoms with van der Waals surface area (Å²) in [7, 11) is -1.69. The van der Waals surface area contributed by atoms with Crippen molar-refractivity contribution >= 4 is 14.4 Å². The van der Waals surface area contributed by atoms with Crippen molar-refractivity contribution in [3.63, 3.8) is 0 Å². The Hall–Kier alpha value is -0.443. The number of isocyanates is 1. The van der Waals surface area contributed by atoms with Crippen LogP contribution in [0.2, 0.25) is 17.1 Å². The van der Waals surface area contributed by atoms with E-state index >= 15 is 0 Å². The van der Waals surface area contributed by atoms with E-state index in [-0.39, 0.29) is 0 Å². The monoisotopic (exact) mass is 243 g/mol. The smallest absolute Gasteiger partial charge is 0.234 e. The molecule has 0 fully saturated rings. The van der Waals surface area contributed by atoms with Gasteiger partial charge < -0.3 is 4.43 Å². The lowest BCUT2D eigenvalue weighted by Crippen LogP contribution is -2.44. The fourth-order valence-electron chi connectivity index (χ4n) is 2.40. The van der Waals surface area contributed by atoms with Crippen molar-refractivity contribution in [1.29, 1.82) is 0 Å². The average Bonchev–Trinajstić information content (AvgIpc) is 2.21. The van der Waals surface area contributed by atoms with E-state index in [1.54, 1.807) is 6.08 Å². The molecule has 0 saturated heterocycles. The van der Waals surface area contributed by atoms with Crippen LogP contribution in [0.1, 0.15) is 41.0 Å². The number of carbonyl (C=O) groups excluding carboxylic acids is 1. The average molecular weight is 243 g/mol. The van der Waals surface area contributed by atoms with E-state index in [9.17, 15) is 4.79 Å². The fourth-order valence-corrected chi connectivity index (χ4v) is 6.95. The van der Waals surface area contributed by atoms with Crippen LogP contribution < -0.4 is 0 Å². The second-order valence-corrected chi connectivity index (χ2v) is 9.78. The third-order valence-electron chi connectivity index (χ3n) is 3.27. The molecular formula is C12H25NO2Si. The second kappa shape index (κ2) is 7.77. The van der Waals surface area contributed by atoms with E-state index in [1.165, 1.54) is 0 Å².